The van der Waals surface area contributed by atoms with Gasteiger partial charge in [0.1, 0.15) is 16.8 Å². The van der Waals surface area contributed by atoms with E-state index >= 15 is 0 Å². The van der Waals surface area contributed by atoms with Crippen LogP contribution in [0.1, 0.15) is 39.4 Å². The standard InChI is InChI=1S/C13H20ClN3O/c1-13(2,3)12-15-10(14)8-11(16-12)17-6-4-9(18)5-7-17/h8-9,18H,4-7H2,1-3H3. The first-order chi connectivity index (χ1) is 8.36. The van der Waals surface area contributed by atoms with Crippen LogP contribution in [0, 0.1) is 0 Å². The number of halogens is 1. The van der Waals surface area contributed by atoms with Crippen molar-refractivity contribution in [2.24, 2.45) is 0 Å². The van der Waals surface area contributed by atoms with Gasteiger partial charge >= 0.3 is 0 Å². The highest BCUT2D eigenvalue weighted by Gasteiger charge is 2.23. The molecule has 0 amide bonds. The Hall–Kier alpha value is -0.870. The van der Waals surface area contributed by atoms with Crippen molar-refractivity contribution in [3.05, 3.63) is 17.0 Å². The fourth-order valence-electron chi connectivity index (χ4n) is 2.00. The quantitative estimate of drug-likeness (QED) is 0.796. The summed E-state index contributed by atoms with van der Waals surface area (Å²) in [6.45, 7) is 7.85. The molecule has 2 rings (SSSR count). The Kier molecular flexibility index (Phi) is 3.78. The molecule has 0 aliphatic carbocycles. The van der Waals surface area contributed by atoms with E-state index < -0.39 is 0 Å². The number of aliphatic hydroxyl groups excluding tert-OH is 1. The number of nitrogens with zero attached hydrogens (tertiary/aromatic N) is 3. The highest BCUT2D eigenvalue weighted by atomic mass is 35.5. The molecule has 0 unspecified atom stereocenters. The summed E-state index contributed by atoms with van der Waals surface area (Å²) in [7, 11) is 0. The Morgan fingerprint density at radius 2 is 1.89 bits per heavy atom. The van der Waals surface area contributed by atoms with Crippen LogP contribution in [0.15, 0.2) is 6.07 Å². The summed E-state index contributed by atoms with van der Waals surface area (Å²) in [5.74, 6) is 1.63. The molecule has 1 aromatic heterocycles. The van der Waals surface area contributed by atoms with Gasteiger partial charge in [0.05, 0.1) is 6.10 Å². The van der Waals surface area contributed by atoms with Gasteiger partial charge in [-0.05, 0) is 12.8 Å². The maximum atomic E-state index is 9.53. The predicted octanol–water partition coefficient (Wildman–Crippen LogP) is 2.39. The van der Waals surface area contributed by atoms with Crippen molar-refractivity contribution in [2.75, 3.05) is 18.0 Å². The average molecular weight is 270 g/mol. The minimum Gasteiger partial charge on any atom is -0.393 e. The zero-order valence-electron chi connectivity index (χ0n) is 11.1. The normalized spacial score (nSPS) is 18.2. The van der Waals surface area contributed by atoms with Crippen LogP contribution < -0.4 is 4.90 Å². The Bertz CT molecular complexity index is 423. The molecular formula is C13H20ClN3O. The van der Waals surface area contributed by atoms with Crippen molar-refractivity contribution in [1.29, 1.82) is 0 Å². The molecule has 0 spiro atoms. The monoisotopic (exact) mass is 269 g/mol. The molecule has 5 heteroatoms. The van der Waals surface area contributed by atoms with E-state index in [1.807, 2.05) is 0 Å². The maximum absolute atomic E-state index is 9.53. The zero-order valence-corrected chi connectivity index (χ0v) is 11.9. The highest BCUT2D eigenvalue weighted by Crippen LogP contribution is 2.25. The van der Waals surface area contributed by atoms with Crippen molar-refractivity contribution >= 4 is 17.4 Å². The first kappa shape index (κ1) is 13.6. The number of hydrogen-bond donors (Lipinski definition) is 1. The van der Waals surface area contributed by atoms with E-state index in [4.69, 9.17) is 11.6 Å². The van der Waals surface area contributed by atoms with Crippen molar-refractivity contribution < 1.29 is 5.11 Å². The second-order valence-corrected chi connectivity index (χ2v) is 6.23. The summed E-state index contributed by atoms with van der Waals surface area (Å²) < 4.78 is 0. The molecule has 1 aromatic rings. The fraction of sp³-hybridized carbons (Fsp3) is 0.692. The molecule has 0 bridgehead atoms. The Morgan fingerprint density at radius 3 is 2.44 bits per heavy atom. The first-order valence-electron chi connectivity index (χ1n) is 6.34. The van der Waals surface area contributed by atoms with E-state index in [9.17, 15) is 5.11 Å². The topological polar surface area (TPSA) is 49.2 Å². The van der Waals surface area contributed by atoms with Gasteiger partial charge in [-0.15, -0.1) is 0 Å². The van der Waals surface area contributed by atoms with E-state index in [2.05, 4.69) is 35.6 Å². The average Bonchev–Trinajstić information content (AvgIpc) is 2.28. The van der Waals surface area contributed by atoms with Crippen LogP contribution in [-0.4, -0.2) is 34.3 Å². The first-order valence-corrected chi connectivity index (χ1v) is 6.72. The summed E-state index contributed by atoms with van der Waals surface area (Å²) in [6.07, 6.45) is 1.39. The lowest BCUT2D eigenvalue weighted by atomic mass is 9.96. The zero-order chi connectivity index (χ0) is 13.3. The highest BCUT2D eigenvalue weighted by molar-refractivity contribution is 6.29. The molecule has 2 heterocycles. The van der Waals surface area contributed by atoms with E-state index in [0.29, 0.717) is 5.15 Å². The van der Waals surface area contributed by atoms with Gasteiger partial charge in [0.15, 0.2) is 0 Å². The molecule has 0 atom stereocenters. The number of anilines is 1. The number of aliphatic hydroxyl groups is 1. The molecule has 1 fully saturated rings. The van der Waals surface area contributed by atoms with Crippen molar-refractivity contribution in [1.82, 2.24) is 9.97 Å². The molecule has 0 aromatic carbocycles. The molecule has 100 valence electrons. The van der Waals surface area contributed by atoms with Crippen molar-refractivity contribution in [2.45, 2.75) is 45.1 Å². The van der Waals surface area contributed by atoms with Crippen LogP contribution in [0.4, 0.5) is 5.82 Å². The van der Waals surface area contributed by atoms with Crippen LogP contribution in [0.25, 0.3) is 0 Å². The molecule has 4 nitrogen and oxygen atoms in total. The van der Waals surface area contributed by atoms with Crippen LogP contribution in [0.2, 0.25) is 5.15 Å². The smallest absolute Gasteiger partial charge is 0.137 e. The lowest BCUT2D eigenvalue weighted by molar-refractivity contribution is 0.145. The number of rotatable bonds is 1. The van der Waals surface area contributed by atoms with E-state index in [-0.39, 0.29) is 11.5 Å². The van der Waals surface area contributed by atoms with Gasteiger partial charge in [-0.25, -0.2) is 9.97 Å². The molecule has 0 saturated carbocycles. The molecule has 1 aliphatic rings. The summed E-state index contributed by atoms with van der Waals surface area (Å²) in [5.41, 5.74) is -0.116. The van der Waals surface area contributed by atoms with Gasteiger partial charge in [0.2, 0.25) is 0 Å². The summed E-state index contributed by atoms with van der Waals surface area (Å²) in [6, 6.07) is 1.80. The molecule has 1 saturated heterocycles. The van der Waals surface area contributed by atoms with Crippen molar-refractivity contribution in [3.63, 3.8) is 0 Å². The molecule has 1 N–H and O–H groups in total. The molecule has 0 radical (unpaired) electrons. The molecule has 1 aliphatic heterocycles. The largest absolute Gasteiger partial charge is 0.393 e. The third kappa shape index (κ3) is 3.12. The van der Waals surface area contributed by atoms with Gasteiger partial charge in [-0.2, -0.15) is 0 Å². The summed E-state index contributed by atoms with van der Waals surface area (Å²) >= 11 is 6.08. The fourth-order valence-corrected chi connectivity index (χ4v) is 2.18. The lowest BCUT2D eigenvalue weighted by Crippen LogP contribution is -2.36. The van der Waals surface area contributed by atoms with Crippen LogP contribution in [0.5, 0.6) is 0 Å². The Labute approximate surface area is 113 Å². The van der Waals surface area contributed by atoms with Crippen LogP contribution in [0.3, 0.4) is 0 Å². The predicted molar refractivity (Wildman–Crippen MR) is 73.2 cm³/mol. The third-order valence-corrected chi connectivity index (χ3v) is 3.33. The molecule has 18 heavy (non-hydrogen) atoms. The summed E-state index contributed by atoms with van der Waals surface area (Å²) in [5, 5.41) is 10.0. The SMILES string of the molecule is CC(C)(C)c1nc(Cl)cc(N2CCC(O)CC2)n1. The van der Waals surface area contributed by atoms with Crippen molar-refractivity contribution in [3.8, 4) is 0 Å². The van der Waals surface area contributed by atoms with Gasteiger partial charge < -0.3 is 10.0 Å². The van der Waals surface area contributed by atoms with Gasteiger partial charge in [-0.1, -0.05) is 32.4 Å². The summed E-state index contributed by atoms with van der Waals surface area (Å²) in [4.78, 5) is 11.1. The second-order valence-electron chi connectivity index (χ2n) is 5.84. The third-order valence-electron chi connectivity index (χ3n) is 3.14. The molecular weight excluding hydrogens is 250 g/mol. The van der Waals surface area contributed by atoms with E-state index in [1.54, 1.807) is 6.07 Å². The van der Waals surface area contributed by atoms with Gasteiger partial charge in [0.25, 0.3) is 0 Å². The number of piperidine rings is 1. The van der Waals surface area contributed by atoms with E-state index in [0.717, 1.165) is 37.6 Å². The van der Waals surface area contributed by atoms with Gasteiger partial charge in [-0.3, -0.25) is 0 Å². The van der Waals surface area contributed by atoms with Crippen LogP contribution in [-0.2, 0) is 5.41 Å². The second kappa shape index (κ2) is 5.02. The van der Waals surface area contributed by atoms with Gasteiger partial charge in [0, 0.05) is 24.6 Å². The van der Waals surface area contributed by atoms with Crippen LogP contribution >= 0.6 is 11.6 Å². The lowest BCUT2D eigenvalue weighted by Gasteiger charge is -2.31. The minimum absolute atomic E-state index is 0.116. The minimum atomic E-state index is -0.180. The maximum Gasteiger partial charge on any atom is 0.137 e. The Morgan fingerprint density at radius 1 is 1.28 bits per heavy atom. The van der Waals surface area contributed by atoms with E-state index in [1.165, 1.54) is 0 Å². The number of aromatic nitrogens is 2. The Balaban J connectivity index is 2.25. The number of hydrogen-bond acceptors (Lipinski definition) is 4.